The highest BCUT2D eigenvalue weighted by Gasteiger charge is 2.41. The van der Waals surface area contributed by atoms with Gasteiger partial charge < -0.3 is 14.8 Å². The van der Waals surface area contributed by atoms with E-state index in [1.165, 1.54) is 0 Å². The van der Waals surface area contributed by atoms with Crippen LogP contribution in [0.3, 0.4) is 0 Å². The molecule has 0 aliphatic carbocycles. The van der Waals surface area contributed by atoms with Crippen LogP contribution in [0.25, 0.3) is 11.0 Å². The zero-order valence-corrected chi connectivity index (χ0v) is 13.9. The molecule has 1 aromatic heterocycles. The smallest absolute Gasteiger partial charge is 0.223 e. The number of aromatic nitrogens is 2. The standard InChI is InChI=1S/C18H22N4O2/c1-21-15-8-9-22(11-12(15)10-18(21)24)17(23)7-6-16-19-13-4-2-3-5-14(13)20-16/h2-5,12,15H,6-11H2,1H3,(H,19,20)/t12-,15+/m1/s1. The molecule has 1 aromatic carbocycles. The molecule has 2 aromatic rings. The van der Waals surface area contributed by atoms with Crippen molar-refractivity contribution in [1.82, 2.24) is 19.8 Å². The number of benzene rings is 1. The first-order valence-electron chi connectivity index (χ1n) is 8.59. The molecule has 24 heavy (non-hydrogen) atoms. The molecule has 2 saturated heterocycles. The van der Waals surface area contributed by atoms with E-state index in [-0.39, 0.29) is 11.8 Å². The summed E-state index contributed by atoms with van der Waals surface area (Å²) < 4.78 is 0. The second-order valence-electron chi connectivity index (χ2n) is 6.87. The highest BCUT2D eigenvalue weighted by molar-refractivity contribution is 5.80. The first-order chi connectivity index (χ1) is 11.6. The molecule has 2 atom stereocenters. The van der Waals surface area contributed by atoms with Crippen LogP contribution in [0, 0.1) is 5.92 Å². The third kappa shape index (κ3) is 2.66. The predicted octanol–water partition coefficient (Wildman–Crippen LogP) is 1.57. The SMILES string of the molecule is CN1C(=O)C[C@@H]2CN(C(=O)CCc3nc4ccccc4[nH]3)CC[C@@H]21. The van der Waals surface area contributed by atoms with E-state index in [2.05, 4.69) is 9.97 Å². The quantitative estimate of drug-likeness (QED) is 0.931. The molecule has 0 unspecified atom stereocenters. The number of carbonyl (C=O) groups is 2. The van der Waals surface area contributed by atoms with Crippen molar-refractivity contribution in [2.45, 2.75) is 31.7 Å². The monoisotopic (exact) mass is 326 g/mol. The number of hydrogen-bond acceptors (Lipinski definition) is 3. The molecule has 4 rings (SSSR count). The van der Waals surface area contributed by atoms with Gasteiger partial charge in [0.25, 0.3) is 0 Å². The molecule has 2 amide bonds. The molecule has 2 fully saturated rings. The number of fused-ring (bicyclic) bond motifs is 2. The Morgan fingerprint density at radius 1 is 1.38 bits per heavy atom. The van der Waals surface area contributed by atoms with E-state index in [9.17, 15) is 9.59 Å². The van der Waals surface area contributed by atoms with Gasteiger partial charge >= 0.3 is 0 Å². The molecule has 0 spiro atoms. The third-order valence-electron chi connectivity index (χ3n) is 5.39. The fourth-order valence-electron chi connectivity index (χ4n) is 4.02. The van der Waals surface area contributed by atoms with Gasteiger partial charge in [0.2, 0.25) is 11.8 Å². The van der Waals surface area contributed by atoms with Gasteiger partial charge in [-0.05, 0) is 18.6 Å². The molecule has 3 heterocycles. The Bertz CT molecular complexity index is 751. The van der Waals surface area contributed by atoms with Crippen molar-refractivity contribution in [2.75, 3.05) is 20.1 Å². The fraction of sp³-hybridized carbons (Fsp3) is 0.500. The summed E-state index contributed by atoms with van der Waals surface area (Å²) in [6, 6.07) is 8.21. The summed E-state index contributed by atoms with van der Waals surface area (Å²) in [6.07, 6.45) is 2.55. The number of aromatic amines is 1. The van der Waals surface area contributed by atoms with Gasteiger partial charge in [-0.3, -0.25) is 9.59 Å². The van der Waals surface area contributed by atoms with Crippen LogP contribution < -0.4 is 0 Å². The van der Waals surface area contributed by atoms with Crippen LogP contribution in [0.2, 0.25) is 0 Å². The van der Waals surface area contributed by atoms with Gasteiger partial charge in [-0.25, -0.2) is 4.98 Å². The maximum atomic E-state index is 12.5. The Balaban J connectivity index is 1.36. The Morgan fingerprint density at radius 3 is 3.04 bits per heavy atom. The second-order valence-corrected chi connectivity index (χ2v) is 6.87. The summed E-state index contributed by atoms with van der Waals surface area (Å²) in [4.78, 5) is 35.9. The highest BCUT2D eigenvalue weighted by atomic mass is 16.2. The van der Waals surface area contributed by atoms with Crippen molar-refractivity contribution in [3.63, 3.8) is 0 Å². The maximum absolute atomic E-state index is 12.5. The largest absolute Gasteiger partial charge is 0.342 e. The van der Waals surface area contributed by atoms with Gasteiger partial charge in [0.05, 0.1) is 11.0 Å². The molecule has 1 N–H and O–H groups in total. The van der Waals surface area contributed by atoms with Crippen LogP contribution in [0.1, 0.15) is 25.1 Å². The number of hydrogen-bond donors (Lipinski definition) is 1. The molecule has 6 heteroatoms. The van der Waals surface area contributed by atoms with E-state index < -0.39 is 0 Å². The van der Waals surface area contributed by atoms with E-state index in [0.717, 1.165) is 29.8 Å². The lowest BCUT2D eigenvalue weighted by molar-refractivity contribution is -0.133. The molecular weight excluding hydrogens is 304 g/mol. The maximum Gasteiger partial charge on any atom is 0.223 e. The van der Waals surface area contributed by atoms with Crippen LogP contribution in [-0.2, 0) is 16.0 Å². The van der Waals surface area contributed by atoms with Crippen molar-refractivity contribution >= 4 is 22.8 Å². The van der Waals surface area contributed by atoms with Crippen molar-refractivity contribution in [3.8, 4) is 0 Å². The number of H-pyrrole nitrogens is 1. The Hall–Kier alpha value is -2.37. The summed E-state index contributed by atoms with van der Waals surface area (Å²) in [7, 11) is 1.88. The summed E-state index contributed by atoms with van der Waals surface area (Å²) >= 11 is 0. The van der Waals surface area contributed by atoms with Gasteiger partial charge in [0.15, 0.2) is 0 Å². The lowest BCUT2D eigenvalue weighted by atomic mass is 9.92. The zero-order valence-electron chi connectivity index (χ0n) is 13.9. The number of para-hydroxylation sites is 2. The van der Waals surface area contributed by atoms with Crippen molar-refractivity contribution in [2.24, 2.45) is 5.92 Å². The molecule has 6 nitrogen and oxygen atoms in total. The van der Waals surface area contributed by atoms with E-state index in [4.69, 9.17) is 0 Å². The number of likely N-dealkylation sites (tertiary alicyclic amines) is 2. The first kappa shape index (κ1) is 15.2. The second kappa shape index (κ2) is 5.92. The molecule has 0 radical (unpaired) electrons. The van der Waals surface area contributed by atoms with Crippen LogP contribution >= 0.6 is 0 Å². The van der Waals surface area contributed by atoms with Gasteiger partial charge in [-0.1, -0.05) is 12.1 Å². The molecule has 2 aliphatic rings. The third-order valence-corrected chi connectivity index (χ3v) is 5.39. The van der Waals surface area contributed by atoms with Gasteiger partial charge in [-0.2, -0.15) is 0 Å². The first-order valence-corrected chi connectivity index (χ1v) is 8.59. The van der Waals surface area contributed by atoms with Crippen LogP contribution in [0.4, 0.5) is 0 Å². The van der Waals surface area contributed by atoms with Gasteiger partial charge in [-0.15, -0.1) is 0 Å². The van der Waals surface area contributed by atoms with Crippen molar-refractivity contribution in [1.29, 1.82) is 0 Å². The van der Waals surface area contributed by atoms with Crippen LogP contribution in [0.5, 0.6) is 0 Å². The Labute approximate surface area is 140 Å². The summed E-state index contributed by atoms with van der Waals surface area (Å²) in [5.41, 5.74) is 1.95. The fourth-order valence-corrected chi connectivity index (χ4v) is 4.02. The number of amides is 2. The number of aryl methyl sites for hydroxylation is 1. The number of carbonyl (C=O) groups excluding carboxylic acids is 2. The summed E-state index contributed by atoms with van der Waals surface area (Å²) in [5.74, 6) is 1.53. The van der Waals surface area contributed by atoms with Gasteiger partial charge in [0.1, 0.15) is 5.82 Å². The van der Waals surface area contributed by atoms with Gasteiger partial charge in [0, 0.05) is 51.4 Å². The number of rotatable bonds is 3. The number of piperidine rings is 1. The Morgan fingerprint density at radius 2 is 2.21 bits per heavy atom. The van der Waals surface area contributed by atoms with Crippen molar-refractivity contribution in [3.05, 3.63) is 30.1 Å². The molecular formula is C18H22N4O2. The average molecular weight is 326 g/mol. The van der Waals surface area contributed by atoms with Crippen LogP contribution in [0.15, 0.2) is 24.3 Å². The zero-order chi connectivity index (χ0) is 16.7. The molecule has 0 bridgehead atoms. The lowest BCUT2D eigenvalue weighted by Crippen LogP contribution is -2.47. The topological polar surface area (TPSA) is 69.3 Å². The minimum Gasteiger partial charge on any atom is -0.342 e. The van der Waals surface area contributed by atoms with E-state index in [1.54, 1.807) is 0 Å². The average Bonchev–Trinajstić information content (AvgIpc) is 3.13. The number of imidazole rings is 1. The number of nitrogens with one attached hydrogen (secondary N) is 1. The Kier molecular flexibility index (Phi) is 3.75. The van der Waals surface area contributed by atoms with E-state index in [1.807, 2.05) is 41.1 Å². The minimum atomic E-state index is 0.163. The summed E-state index contributed by atoms with van der Waals surface area (Å²) in [6.45, 7) is 1.46. The normalized spacial score (nSPS) is 23.8. The number of nitrogens with zero attached hydrogens (tertiary/aromatic N) is 3. The predicted molar refractivity (Wildman–Crippen MR) is 90.3 cm³/mol. The molecule has 126 valence electrons. The molecule has 0 saturated carbocycles. The van der Waals surface area contributed by atoms with Crippen LogP contribution in [-0.4, -0.2) is 57.8 Å². The highest BCUT2D eigenvalue weighted by Crippen LogP contribution is 2.31. The summed E-state index contributed by atoms with van der Waals surface area (Å²) in [5, 5.41) is 0. The molecule has 2 aliphatic heterocycles. The van der Waals surface area contributed by atoms with E-state index in [0.29, 0.717) is 37.8 Å². The minimum absolute atomic E-state index is 0.163. The van der Waals surface area contributed by atoms with E-state index >= 15 is 0 Å². The lowest BCUT2D eigenvalue weighted by Gasteiger charge is -2.36. The van der Waals surface area contributed by atoms with Crippen molar-refractivity contribution < 1.29 is 9.59 Å².